The van der Waals surface area contributed by atoms with Crippen LogP contribution in [-0.4, -0.2) is 6.04 Å². The van der Waals surface area contributed by atoms with Gasteiger partial charge in [-0.1, -0.05) is 49.4 Å². The van der Waals surface area contributed by atoms with Crippen molar-refractivity contribution in [3.05, 3.63) is 65.2 Å². The van der Waals surface area contributed by atoms with Crippen molar-refractivity contribution < 1.29 is 0 Å². The summed E-state index contributed by atoms with van der Waals surface area (Å²) in [5, 5.41) is 3.59. The first-order chi connectivity index (χ1) is 9.76. The monoisotopic (exact) mass is 265 g/mol. The Labute approximate surface area is 122 Å². The minimum Gasteiger partial charge on any atom is -0.382 e. The van der Waals surface area contributed by atoms with E-state index in [4.69, 9.17) is 0 Å². The number of nitrogens with one attached hydrogen (secondary N) is 1. The second-order valence-electron chi connectivity index (χ2n) is 5.94. The Kier molecular flexibility index (Phi) is 3.77. The summed E-state index contributed by atoms with van der Waals surface area (Å²) in [6, 6.07) is 18.5. The van der Waals surface area contributed by atoms with Crippen molar-refractivity contribution >= 4 is 5.69 Å². The lowest BCUT2D eigenvalue weighted by Gasteiger charge is -2.31. The van der Waals surface area contributed by atoms with Gasteiger partial charge in [0, 0.05) is 11.7 Å². The minimum atomic E-state index is 0.560. The normalized spacial score (nSPS) is 21.1. The van der Waals surface area contributed by atoms with Gasteiger partial charge in [0.05, 0.1) is 0 Å². The molecule has 0 spiro atoms. The summed E-state index contributed by atoms with van der Waals surface area (Å²) in [4.78, 5) is 0. The van der Waals surface area contributed by atoms with Crippen LogP contribution in [0.25, 0.3) is 0 Å². The van der Waals surface area contributed by atoms with Gasteiger partial charge in [-0.15, -0.1) is 0 Å². The van der Waals surface area contributed by atoms with Crippen LogP contribution in [0.1, 0.15) is 42.9 Å². The first-order valence-corrected chi connectivity index (χ1v) is 7.69. The molecule has 0 bridgehead atoms. The summed E-state index contributed by atoms with van der Waals surface area (Å²) >= 11 is 0. The highest BCUT2D eigenvalue weighted by Crippen LogP contribution is 2.36. The molecule has 0 fully saturated rings. The molecule has 0 aliphatic carbocycles. The molecule has 2 aromatic carbocycles. The first-order valence-electron chi connectivity index (χ1n) is 7.69. The Morgan fingerprint density at radius 3 is 2.45 bits per heavy atom. The van der Waals surface area contributed by atoms with E-state index in [1.807, 2.05) is 0 Å². The van der Waals surface area contributed by atoms with E-state index >= 15 is 0 Å². The zero-order valence-corrected chi connectivity index (χ0v) is 12.4. The molecule has 0 saturated carbocycles. The highest BCUT2D eigenvalue weighted by atomic mass is 14.9. The SMILES string of the molecule is CCc1ccc(CC2CC(C)Nc3ccccc32)cc1. The predicted octanol–water partition coefficient (Wildman–Crippen LogP) is 4.78. The van der Waals surface area contributed by atoms with E-state index in [2.05, 4.69) is 67.7 Å². The lowest BCUT2D eigenvalue weighted by Crippen LogP contribution is -2.26. The number of anilines is 1. The van der Waals surface area contributed by atoms with E-state index in [1.54, 1.807) is 0 Å². The Bertz CT molecular complexity index is 571. The summed E-state index contributed by atoms with van der Waals surface area (Å²) in [5.74, 6) is 0.634. The fraction of sp³-hybridized carbons (Fsp3) is 0.368. The van der Waals surface area contributed by atoms with Gasteiger partial charge in [0.1, 0.15) is 0 Å². The number of aryl methyl sites for hydroxylation is 1. The third-order valence-electron chi connectivity index (χ3n) is 4.35. The van der Waals surface area contributed by atoms with E-state index in [-0.39, 0.29) is 0 Å². The zero-order valence-electron chi connectivity index (χ0n) is 12.4. The van der Waals surface area contributed by atoms with Crippen molar-refractivity contribution in [2.24, 2.45) is 0 Å². The van der Waals surface area contributed by atoms with Gasteiger partial charge in [0.25, 0.3) is 0 Å². The van der Waals surface area contributed by atoms with E-state index in [0.29, 0.717) is 12.0 Å². The fourth-order valence-corrected chi connectivity index (χ4v) is 3.25. The molecule has 104 valence electrons. The Balaban J connectivity index is 1.83. The Hall–Kier alpha value is -1.76. The average Bonchev–Trinajstić information content (AvgIpc) is 2.48. The number of fused-ring (bicyclic) bond motifs is 1. The highest BCUT2D eigenvalue weighted by molar-refractivity contribution is 5.55. The van der Waals surface area contributed by atoms with Crippen molar-refractivity contribution in [3.8, 4) is 0 Å². The lowest BCUT2D eigenvalue weighted by molar-refractivity contribution is 0.551. The number of hydrogen-bond acceptors (Lipinski definition) is 1. The van der Waals surface area contributed by atoms with Gasteiger partial charge in [0.15, 0.2) is 0 Å². The van der Waals surface area contributed by atoms with Gasteiger partial charge in [-0.05, 0) is 54.9 Å². The van der Waals surface area contributed by atoms with Crippen molar-refractivity contribution in [1.82, 2.24) is 0 Å². The predicted molar refractivity (Wildman–Crippen MR) is 86.4 cm³/mol. The van der Waals surface area contributed by atoms with E-state index < -0.39 is 0 Å². The molecule has 0 radical (unpaired) electrons. The third kappa shape index (κ3) is 2.72. The molecule has 2 unspecified atom stereocenters. The van der Waals surface area contributed by atoms with Crippen molar-refractivity contribution in [3.63, 3.8) is 0 Å². The van der Waals surface area contributed by atoms with Crippen molar-refractivity contribution in [2.75, 3.05) is 5.32 Å². The minimum absolute atomic E-state index is 0.560. The van der Waals surface area contributed by atoms with E-state index in [1.165, 1.54) is 28.8 Å². The molecule has 2 aromatic rings. The van der Waals surface area contributed by atoms with Gasteiger partial charge >= 0.3 is 0 Å². The van der Waals surface area contributed by atoms with Crippen LogP contribution in [0.4, 0.5) is 5.69 Å². The van der Waals surface area contributed by atoms with Gasteiger partial charge in [-0.2, -0.15) is 0 Å². The van der Waals surface area contributed by atoms with E-state index in [9.17, 15) is 0 Å². The fourth-order valence-electron chi connectivity index (χ4n) is 3.25. The topological polar surface area (TPSA) is 12.0 Å². The molecule has 0 aromatic heterocycles. The number of rotatable bonds is 3. The summed E-state index contributed by atoms with van der Waals surface area (Å²) in [7, 11) is 0. The summed E-state index contributed by atoms with van der Waals surface area (Å²) in [6.07, 6.45) is 3.48. The van der Waals surface area contributed by atoms with Gasteiger partial charge in [0.2, 0.25) is 0 Å². The van der Waals surface area contributed by atoms with Gasteiger partial charge < -0.3 is 5.32 Å². The molecular weight excluding hydrogens is 242 g/mol. The maximum Gasteiger partial charge on any atom is 0.0377 e. The number of para-hydroxylation sites is 1. The van der Waals surface area contributed by atoms with Crippen LogP contribution in [0.3, 0.4) is 0 Å². The molecule has 3 rings (SSSR count). The standard InChI is InChI=1S/C19H23N/c1-3-15-8-10-16(11-9-15)13-17-12-14(2)20-19-7-5-4-6-18(17)19/h4-11,14,17,20H,3,12-13H2,1-2H3. The smallest absolute Gasteiger partial charge is 0.0377 e. The zero-order chi connectivity index (χ0) is 13.9. The molecule has 20 heavy (non-hydrogen) atoms. The van der Waals surface area contributed by atoms with Crippen LogP contribution < -0.4 is 5.32 Å². The molecule has 0 saturated heterocycles. The largest absolute Gasteiger partial charge is 0.382 e. The van der Waals surface area contributed by atoms with Crippen LogP contribution in [0.5, 0.6) is 0 Å². The molecule has 0 amide bonds. The Morgan fingerprint density at radius 2 is 1.70 bits per heavy atom. The van der Waals surface area contributed by atoms with Crippen LogP contribution in [0.15, 0.2) is 48.5 Å². The maximum atomic E-state index is 3.59. The van der Waals surface area contributed by atoms with Gasteiger partial charge in [-0.3, -0.25) is 0 Å². The molecular formula is C19H23N. The summed E-state index contributed by atoms with van der Waals surface area (Å²) in [5.41, 5.74) is 5.68. The van der Waals surface area contributed by atoms with Crippen LogP contribution >= 0.6 is 0 Å². The van der Waals surface area contributed by atoms with Crippen LogP contribution in [-0.2, 0) is 12.8 Å². The number of benzene rings is 2. The molecule has 1 nitrogen and oxygen atoms in total. The quantitative estimate of drug-likeness (QED) is 0.842. The maximum absolute atomic E-state index is 3.59. The van der Waals surface area contributed by atoms with Crippen molar-refractivity contribution in [1.29, 1.82) is 0 Å². The number of hydrogen-bond donors (Lipinski definition) is 1. The van der Waals surface area contributed by atoms with Crippen LogP contribution in [0.2, 0.25) is 0 Å². The summed E-state index contributed by atoms with van der Waals surface area (Å²) in [6.45, 7) is 4.49. The molecule has 1 aliphatic rings. The highest BCUT2D eigenvalue weighted by Gasteiger charge is 2.23. The third-order valence-corrected chi connectivity index (χ3v) is 4.35. The molecule has 2 atom stereocenters. The molecule has 1 aliphatic heterocycles. The first kappa shape index (κ1) is 13.2. The van der Waals surface area contributed by atoms with E-state index in [0.717, 1.165) is 12.8 Å². The molecule has 1 heterocycles. The Morgan fingerprint density at radius 1 is 1.00 bits per heavy atom. The summed E-state index contributed by atoms with van der Waals surface area (Å²) < 4.78 is 0. The van der Waals surface area contributed by atoms with Crippen LogP contribution in [0, 0.1) is 0 Å². The van der Waals surface area contributed by atoms with Gasteiger partial charge in [-0.25, -0.2) is 0 Å². The second-order valence-corrected chi connectivity index (χ2v) is 5.94. The molecule has 1 N–H and O–H groups in total. The average molecular weight is 265 g/mol. The lowest BCUT2D eigenvalue weighted by atomic mass is 9.83. The second kappa shape index (κ2) is 5.70. The molecule has 1 heteroatoms. The van der Waals surface area contributed by atoms with Crippen molar-refractivity contribution in [2.45, 2.75) is 45.1 Å².